The molecule has 2 aliphatic rings. The van der Waals surface area contributed by atoms with Gasteiger partial charge in [0.25, 0.3) is 5.91 Å². The molecule has 2 heterocycles. The van der Waals surface area contributed by atoms with Crippen molar-refractivity contribution in [3.05, 3.63) is 48.0 Å². The van der Waals surface area contributed by atoms with E-state index in [1.165, 1.54) is 12.8 Å². The number of nitrogens with one attached hydrogen (secondary N) is 1. The molecule has 0 radical (unpaired) electrons. The van der Waals surface area contributed by atoms with Gasteiger partial charge in [0.15, 0.2) is 18.1 Å². The summed E-state index contributed by atoms with van der Waals surface area (Å²) >= 11 is 0. The first kappa shape index (κ1) is 23.2. The highest BCUT2D eigenvalue weighted by Crippen LogP contribution is 2.34. The quantitative estimate of drug-likeness (QED) is 0.591. The summed E-state index contributed by atoms with van der Waals surface area (Å²) in [4.78, 5) is 15.2. The van der Waals surface area contributed by atoms with E-state index >= 15 is 0 Å². The van der Waals surface area contributed by atoms with Crippen LogP contribution in [0.25, 0.3) is 0 Å². The van der Waals surface area contributed by atoms with E-state index < -0.39 is 0 Å². The Bertz CT molecular complexity index is 911. The van der Waals surface area contributed by atoms with Crippen LogP contribution in [0.15, 0.2) is 42.5 Å². The van der Waals surface area contributed by atoms with E-state index in [0.717, 1.165) is 42.4 Å². The fourth-order valence-electron chi connectivity index (χ4n) is 4.34. The van der Waals surface area contributed by atoms with Crippen LogP contribution in [-0.4, -0.2) is 62.9 Å². The van der Waals surface area contributed by atoms with Crippen molar-refractivity contribution in [3.8, 4) is 23.0 Å². The molecule has 33 heavy (non-hydrogen) atoms. The van der Waals surface area contributed by atoms with E-state index in [-0.39, 0.29) is 24.5 Å². The molecule has 7 heteroatoms. The van der Waals surface area contributed by atoms with Gasteiger partial charge in [0.1, 0.15) is 24.7 Å². The Hall–Kier alpha value is -2.93. The van der Waals surface area contributed by atoms with Crippen molar-refractivity contribution in [1.82, 2.24) is 10.2 Å². The summed E-state index contributed by atoms with van der Waals surface area (Å²) < 4.78 is 22.6. The third-order valence-electron chi connectivity index (χ3n) is 6.20. The minimum Gasteiger partial charge on any atom is -0.494 e. The number of fused-ring (bicyclic) bond motifs is 1. The highest BCUT2D eigenvalue weighted by atomic mass is 16.6. The van der Waals surface area contributed by atoms with Gasteiger partial charge in [-0.2, -0.15) is 0 Å². The molecule has 2 aromatic rings. The number of carbonyl (C=O) groups is 1. The lowest BCUT2D eigenvalue weighted by molar-refractivity contribution is -0.124. The molecule has 0 saturated carbocycles. The summed E-state index contributed by atoms with van der Waals surface area (Å²) in [5.41, 5.74) is 1.12. The second kappa shape index (κ2) is 11.3. The van der Waals surface area contributed by atoms with Gasteiger partial charge in [-0.25, -0.2) is 0 Å². The summed E-state index contributed by atoms with van der Waals surface area (Å²) in [7, 11) is 0. The Balaban J connectivity index is 1.39. The van der Waals surface area contributed by atoms with Crippen LogP contribution >= 0.6 is 0 Å². The fourth-order valence-corrected chi connectivity index (χ4v) is 4.34. The molecule has 1 N–H and O–H groups in total. The first-order chi connectivity index (χ1) is 16.1. The zero-order valence-corrected chi connectivity index (χ0v) is 19.5. The van der Waals surface area contributed by atoms with E-state index in [4.69, 9.17) is 18.9 Å². The predicted octanol–water partition coefficient (Wildman–Crippen LogP) is 3.62. The summed E-state index contributed by atoms with van der Waals surface area (Å²) in [6, 6.07) is 13.4. The zero-order chi connectivity index (χ0) is 23.0. The van der Waals surface area contributed by atoms with Crippen LogP contribution in [0.4, 0.5) is 0 Å². The topological polar surface area (TPSA) is 69.3 Å². The van der Waals surface area contributed by atoms with Gasteiger partial charge in [0.2, 0.25) is 0 Å². The maximum Gasteiger partial charge on any atom is 0.258 e. The maximum absolute atomic E-state index is 12.8. The van der Waals surface area contributed by atoms with Crippen LogP contribution in [0.1, 0.15) is 38.2 Å². The lowest BCUT2D eigenvalue weighted by Crippen LogP contribution is -2.47. The van der Waals surface area contributed by atoms with Crippen LogP contribution in [0, 0.1) is 0 Å². The Kier molecular flexibility index (Phi) is 7.94. The number of hydrogen-bond donors (Lipinski definition) is 1. The molecule has 7 nitrogen and oxygen atoms in total. The van der Waals surface area contributed by atoms with Crippen molar-refractivity contribution < 1.29 is 23.7 Å². The van der Waals surface area contributed by atoms with Gasteiger partial charge in [0.05, 0.1) is 6.61 Å². The van der Waals surface area contributed by atoms with Gasteiger partial charge in [-0.15, -0.1) is 0 Å². The summed E-state index contributed by atoms with van der Waals surface area (Å²) in [5, 5.41) is 3.22. The first-order valence-electron chi connectivity index (χ1n) is 11.9. The molecule has 2 aliphatic heterocycles. The van der Waals surface area contributed by atoms with Crippen molar-refractivity contribution in [2.75, 3.05) is 46.1 Å². The van der Waals surface area contributed by atoms with Gasteiger partial charge < -0.3 is 29.2 Å². The monoisotopic (exact) mass is 454 g/mol. The highest BCUT2D eigenvalue weighted by molar-refractivity contribution is 5.78. The number of rotatable bonds is 10. The summed E-state index contributed by atoms with van der Waals surface area (Å²) in [6.45, 7) is 8.77. The molecule has 0 aliphatic carbocycles. The van der Waals surface area contributed by atoms with Gasteiger partial charge in [0, 0.05) is 18.5 Å². The lowest BCUT2D eigenvalue weighted by atomic mass is 9.92. The SMILES string of the molecule is CCOc1ccc(OCC(=O)NC(CN2CCCC2)C(C)c2ccc3c(c2)OCCO3)cc1. The van der Waals surface area contributed by atoms with E-state index in [2.05, 4.69) is 23.2 Å². The number of ether oxygens (including phenoxy) is 4. The number of carbonyl (C=O) groups excluding carboxylic acids is 1. The number of nitrogens with zero attached hydrogens (tertiary/aromatic N) is 1. The maximum atomic E-state index is 12.8. The molecule has 1 saturated heterocycles. The van der Waals surface area contributed by atoms with Gasteiger partial charge in [-0.05, 0) is 74.8 Å². The van der Waals surface area contributed by atoms with Crippen LogP contribution in [-0.2, 0) is 4.79 Å². The number of amides is 1. The van der Waals surface area contributed by atoms with Crippen molar-refractivity contribution in [2.24, 2.45) is 0 Å². The Morgan fingerprint density at radius 1 is 1.00 bits per heavy atom. The van der Waals surface area contributed by atoms with Crippen LogP contribution in [0.5, 0.6) is 23.0 Å². The van der Waals surface area contributed by atoms with Crippen molar-refractivity contribution in [3.63, 3.8) is 0 Å². The molecular weight excluding hydrogens is 420 g/mol. The average molecular weight is 455 g/mol. The van der Waals surface area contributed by atoms with Crippen molar-refractivity contribution in [1.29, 1.82) is 0 Å². The molecule has 2 atom stereocenters. The Labute approximate surface area is 196 Å². The van der Waals surface area contributed by atoms with Gasteiger partial charge in [-0.1, -0.05) is 13.0 Å². The Morgan fingerprint density at radius 3 is 2.36 bits per heavy atom. The third-order valence-corrected chi connectivity index (χ3v) is 6.20. The van der Waals surface area contributed by atoms with Crippen LogP contribution in [0.2, 0.25) is 0 Å². The van der Waals surface area contributed by atoms with Gasteiger partial charge >= 0.3 is 0 Å². The lowest BCUT2D eigenvalue weighted by Gasteiger charge is -2.30. The summed E-state index contributed by atoms with van der Waals surface area (Å²) in [6.07, 6.45) is 2.42. The molecule has 0 spiro atoms. The smallest absolute Gasteiger partial charge is 0.258 e. The molecule has 0 bridgehead atoms. The summed E-state index contributed by atoms with van der Waals surface area (Å²) in [5.74, 6) is 2.96. The molecule has 4 rings (SSSR count). The van der Waals surface area contributed by atoms with Crippen molar-refractivity contribution >= 4 is 5.91 Å². The molecule has 0 aromatic heterocycles. The molecule has 178 valence electrons. The number of benzene rings is 2. The second-order valence-electron chi connectivity index (χ2n) is 8.57. The number of hydrogen-bond acceptors (Lipinski definition) is 6. The molecule has 2 unspecified atom stereocenters. The minimum absolute atomic E-state index is 0.0294. The minimum atomic E-state index is -0.127. The molecule has 1 fully saturated rings. The molecule has 1 amide bonds. The van der Waals surface area contributed by atoms with Crippen LogP contribution < -0.4 is 24.3 Å². The largest absolute Gasteiger partial charge is 0.494 e. The molecular formula is C26H34N2O5. The average Bonchev–Trinajstić information content (AvgIpc) is 3.36. The molecule has 2 aromatic carbocycles. The standard InChI is InChI=1S/C26H34N2O5/c1-3-30-21-7-9-22(10-8-21)33-18-26(29)27-23(17-28-12-4-5-13-28)19(2)20-6-11-24-25(16-20)32-15-14-31-24/h6-11,16,19,23H,3-5,12-15,17-18H2,1-2H3,(H,27,29). The highest BCUT2D eigenvalue weighted by Gasteiger charge is 2.26. The second-order valence-corrected chi connectivity index (χ2v) is 8.57. The third kappa shape index (κ3) is 6.32. The van der Waals surface area contributed by atoms with Gasteiger partial charge in [-0.3, -0.25) is 4.79 Å². The fraction of sp³-hybridized carbons (Fsp3) is 0.500. The zero-order valence-electron chi connectivity index (χ0n) is 19.5. The van der Waals surface area contributed by atoms with E-state index in [1.807, 2.05) is 43.3 Å². The van der Waals surface area contributed by atoms with Crippen LogP contribution in [0.3, 0.4) is 0 Å². The predicted molar refractivity (Wildman–Crippen MR) is 127 cm³/mol. The van der Waals surface area contributed by atoms with E-state index in [9.17, 15) is 4.79 Å². The Morgan fingerprint density at radius 2 is 1.67 bits per heavy atom. The van der Waals surface area contributed by atoms with E-state index in [0.29, 0.717) is 25.6 Å². The first-order valence-corrected chi connectivity index (χ1v) is 11.9. The normalized spacial score (nSPS) is 17.3. The number of likely N-dealkylation sites (tertiary alicyclic amines) is 1. The van der Waals surface area contributed by atoms with Crippen molar-refractivity contribution in [2.45, 2.75) is 38.6 Å². The van der Waals surface area contributed by atoms with E-state index in [1.54, 1.807) is 0 Å².